The second-order valence-electron chi connectivity index (χ2n) is 8.92. The van der Waals surface area contributed by atoms with Crippen LogP contribution in [0.2, 0.25) is 0 Å². The lowest BCUT2D eigenvalue weighted by atomic mass is 9.78. The van der Waals surface area contributed by atoms with Gasteiger partial charge >= 0.3 is 6.18 Å². The van der Waals surface area contributed by atoms with E-state index in [0.717, 1.165) is 23.4 Å². The monoisotopic (exact) mass is 517 g/mol. The van der Waals surface area contributed by atoms with Crippen LogP contribution in [0.1, 0.15) is 30.7 Å². The molecule has 0 spiro atoms. The number of ether oxygens (including phenoxy) is 2. The molecule has 10 heteroatoms. The first-order valence-electron chi connectivity index (χ1n) is 11.3. The van der Waals surface area contributed by atoms with E-state index < -0.39 is 23.4 Å². The number of halogens is 4. The second-order valence-corrected chi connectivity index (χ2v) is 9.72. The Balaban J connectivity index is 1.65. The minimum Gasteiger partial charge on any atom is -0.323 e. The third-order valence-electron chi connectivity index (χ3n) is 6.38. The van der Waals surface area contributed by atoms with Crippen LogP contribution in [0.4, 0.5) is 17.6 Å². The van der Waals surface area contributed by atoms with Crippen molar-refractivity contribution in [1.82, 2.24) is 14.6 Å². The summed E-state index contributed by atoms with van der Waals surface area (Å²) in [6.45, 7) is 3.76. The van der Waals surface area contributed by atoms with Crippen LogP contribution < -0.4 is 0 Å². The number of nitrogens with zero attached hydrogens (tertiary/aromatic N) is 3. The molecule has 1 aliphatic rings. The molecule has 1 fully saturated rings. The lowest BCUT2D eigenvalue weighted by molar-refractivity contribution is -0.396. The highest BCUT2D eigenvalue weighted by Gasteiger charge is 2.47. The number of aromatic nitrogens is 3. The zero-order valence-corrected chi connectivity index (χ0v) is 20.5. The van der Waals surface area contributed by atoms with Crippen LogP contribution in [0.5, 0.6) is 0 Å². The molecule has 0 bridgehead atoms. The van der Waals surface area contributed by atoms with Gasteiger partial charge in [0.25, 0.3) is 0 Å². The van der Waals surface area contributed by atoms with Crippen LogP contribution in [0.15, 0.2) is 65.8 Å². The van der Waals surface area contributed by atoms with Gasteiger partial charge in [-0.25, -0.2) is 13.9 Å². The van der Waals surface area contributed by atoms with E-state index in [1.54, 1.807) is 23.7 Å². The number of alkyl halides is 3. The van der Waals surface area contributed by atoms with Crippen molar-refractivity contribution in [2.45, 2.75) is 49.5 Å². The van der Waals surface area contributed by atoms with E-state index in [-0.39, 0.29) is 12.1 Å². The first-order chi connectivity index (χ1) is 17.1. The molecule has 1 aliphatic heterocycles. The molecule has 5 nitrogen and oxygen atoms in total. The van der Waals surface area contributed by atoms with Crippen LogP contribution in [0, 0.1) is 5.82 Å². The van der Waals surface area contributed by atoms with Crippen LogP contribution in [0.3, 0.4) is 0 Å². The van der Waals surface area contributed by atoms with E-state index in [1.165, 1.54) is 36.0 Å². The SMILES string of the molecule is CSc1nn2c(C(C)(Cc3cccc(F)c3)C3OC(C)O3)ccnc2c1-c1ccc(C(F)(F)F)cc1. The van der Waals surface area contributed by atoms with E-state index in [1.807, 2.05) is 25.3 Å². The van der Waals surface area contributed by atoms with Crippen molar-refractivity contribution in [1.29, 1.82) is 0 Å². The molecule has 3 heterocycles. The van der Waals surface area contributed by atoms with Crippen molar-refractivity contribution in [2.24, 2.45) is 0 Å². The van der Waals surface area contributed by atoms with Gasteiger partial charge in [-0.3, -0.25) is 0 Å². The zero-order chi connectivity index (χ0) is 25.7. The molecule has 0 radical (unpaired) electrons. The highest BCUT2D eigenvalue weighted by atomic mass is 32.2. The Labute approximate surface area is 209 Å². The Bertz CT molecular complexity index is 1400. The molecule has 1 atom stereocenters. The van der Waals surface area contributed by atoms with Crippen molar-refractivity contribution < 1.29 is 27.0 Å². The number of thioether (sulfide) groups is 1. The fourth-order valence-corrected chi connectivity index (χ4v) is 5.18. The van der Waals surface area contributed by atoms with Gasteiger partial charge in [-0.2, -0.15) is 18.3 Å². The van der Waals surface area contributed by atoms with E-state index >= 15 is 0 Å². The average Bonchev–Trinajstić information content (AvgIpc) is 3.20. The smallest absolute Gasteiger partial charge is 0.323 e. The summed E-state index contributed by atoms with van der Waals surface area (Å²) in [6, 6.07) is 13.1. The van der Waals surface area contributed by atoms with E-state index in [4.69, 9.17) is 14.6 Å². The zero-order valence-electron chi connectivity index (χ0n) is 19.7. The van der Waals surface area contributed by atoms with E-state index in [0.29, 0.717) is 28.2 Å². The second kappa shape index (κ2) is 9.17. The van der Waals surface area contributed by atoms with Crippen LogP contribution in [-0.2, 0) is 27.5 Å². The van der Waals surface area contributed by atoms with Gasteiger partial charge in [-0.15, -0.1) is 11.8 Å². The van der Waals surface area contributed by atoms with Crippen molar-refractivity contribution in [2.75, 3.05) is 6.26 Å². The van der Waals surface area contributed by atoms with Gasteiger partial charge in [0.05, 0.1) is 22.2 Å². The summed E-state index contributed by atoms with van der Waals surface area (Å²) in [5.74, 6) is -0.341. The van der Waals surface area contributed by atoms with Gasteiger partial charge < -0.3 is 9.47 Å². The predicted octanol–water partition coefficient (Wildman–Crippen LogP) is 6.50. The Hall–Kier alpha value is -2.95. The molecule has 0 amide bonds. The molecule has 36 heavy (non-hydrogen) atoms. The van der Waals surface area contributed by atoms with Crippen LogP contribution in [0.25, 0.3) is 16.8 Å². The third-order valence-corrected chi connectivity index (χ3v) is 7.05. The number of benzene rings is 2. The van der Waals surface area contributed by atoms with Crippen molar-refractivity contribution >= 4 is 17.4 Å². The molecule has 0 N–H and O–H groups in total. The Morgan fingerprint density at radius 1 is 1.06 bits per heavy atom. The fraction of sp³-hybridized carbons (Fsp3) is 0.308. The minimum atomic E-state index is -4.42. The van der Waals surface area contributed by atoms with Crippen molar-refractivity contribution in [3.05, 3.63) is 83.4 Å². The highest BCUT2D eigenvalue weighted by Crippen LogP contribution is 2.42. The lowest BCUT2D eigenvalue weighted by Gasteiger charge is -2.45. The number of fused-ring (bicyclic) bond motifs is 1. The maximum Gasteiger partial charge on any atom is 0.416 e. The summed E-state index contributed by atoms with van der Waals surface area (Å²) in [5, 5.41) is 5.39. The molecule has 0 saturated carbocycles. The summed E-state index contributed by atoms with van der Waals surface area (Å²) in [7, 11) is 0. The van der Waals surface area contributed by atoms with Gasteiger partial charge in [-0.1, -0.05) is 24.3 Å². The van der Waals surface area contributed by atoms with Crippen LogP contribution in [-0.4, -0.2) is 33.4 Å². The summed E-state index contributed by atoms with van der Waals surface area (Å²) in [5.41, 5.74) is 1.68. The Morgan fingerprint density at radius 3 is 2.39 bits per heavy atom. The average molecular weight is 518 g/mol. The molecule has 2 aromatic heterocycles. The first-order valence-corrected chi connectivity index (χ1v) is 12.5. The number of rotatable bonds is 6. The summed E-state index contributed by atoms with van der Waals surface area (Å²) in [6.07, 6.45) is -1.53. The summed E-state index contributed by atoms with van der Waals surface area (Å²) in [4.78, 5) is 4.53. The van der Waals surface area contributed by atoms with Crippen LogP contribution >= 0.6 is 11.8 Å². The van der Waals surface area contributed by atoms with Gasteiger partial charge in [0.1, 0.15) is 10.8 Å². The van der Waals surface area contributed by atoms with E-state index in [9.17, 15) is 17.6 Å². The molecule has 5 rings (SSSR count). The molecular weight excluding hydrogens is 494 g/mol. The molecule has 0 aliphatic carbocycles. The molecule has 1 unspecified atom stereocenters. The maximum atomic E-state index is 14.0. The minimum absolute atomic E-state index is 0.341. The lowest BCUT2D eigenvalue weighted by Crippen LogP contribution is -2.53. The predicted molar refractivity (Wildman–Crippen MR) is 128 cm³/mol. The molecule has 2 aromatic carbocycles. The first kappa shape index (κ1) is 24.7. The Kier molecular flexibility index (Phi) is 6.30. The van der Waals surface area contributed by atoms with Crippen molar-refractivity contribution in [3.63, 3.8) is 0 Å². The largest absolute Gasteiger partial charge is 0.416 e. The summed E-state index contributed by atoms with van der Waals surface area (Å²) >= 11 is 1.37. The fourth-order valence-electron chi connectivity index (χ4n) is 4.60. The number of hydrogen-bond acceptors (Lipinski definition) is 5. The summed E-state index contributed by atoms with van der Waals surface area (Å²) < 4.78 is 66.8. The standard InChI is InChI=1S/C26H23F4N3O2S/c1-15-34-24(35-15)25(2,14-16-5-4-6-19(27)13-16)20-11-12-31-22-21(23(36-3)32-33(20)22)17-7-9-18(10-8-17)26(28,29)30/h4-13,15,24H,14H2,1-3H3. The normalized spacial score (nSPS) is 19.8. The Morgan fingerprint density at radius 2 is 1.78 bits per heavy atom. The molecule has 4 aromatic rings. The maximum absolute atomic E-state index is 14.0. The van der Waals surface area contributed by atoms with Gasteiger partial charge in [0, 0.05) is 6.20 Å². The quantitative estimate of drug-likeness (QED) is 0.216. The molecular formula is C26H23F4N3O2S. The highest BCUT2D eigenvalue weighted by molar-refractivity contribution is 7.98. The van der Waals surface area contributed by atoms with Gasteiger partial charge in [0.15, 0.2) is 18.2 Å². The topological polar surface area (TPSA) is 48.7 Å². The van der Waals surface area contributed by atoms with E-state index in [2.05, 4.69) is 4.98 Å². The molecule has 1 saturated heterocycles. The third kappa shape index (κ3) is 4.38. The van der Waals surface area contributed by atoms with Crippen molar-refractivity contribution in [3.8, 4) is 11.1 Å². The van der Waals surface area contributed by atoms with Gasteiger partial charge in [0.2, 0.25) is 0 Å². The number of hydrogen-bond donors (Lipinski definition) is 0. The van der Waals surface area contributed by atoms with Gasteiger partial charge in [-0.05, 0) is 68.0 Å². The molecule has 188 valence electrons.